The molecule has 0 aromatic heterocycles. The van der Waals surface area contributed by atoms with Gasteiger partial charge in [0.15, 0.2) is 0 Å². The van der Waals surface area contributed by atoms with Gasteiger partial charge in [0.05, 0.1) is 12.6 Å². The molecule has 0 saturated carbocycles. The van der Waals surface area contributed by atoms with E-state index in [-0.39, 0.29) is 17.9 Å². The Balaban J connectivity index is 1.77. The van der Waals surface area contributed by atoms with Gasteiger partial charge in [0.1, 0.15) is 0 Å². The molecule has 2 aromatic carbocycles. The molecule has 1 fully saturated rings. The molecule has 2 amide bonds. The molecule has 0 aliphatic carbocycles. The average molecular weight is 409 g/mol. The minimum absolute atomic E-state index is 0.0717. The lowest BCUT2D eigenvalue weighted by Crippen LogP contribution is -2.36. The predicted molar refractivity (Wildman–Crippen MR) is 119 cm³/mol. The number of benzene rings is 2. The molecule has 1 atom stereocenters. The van der Waals surface area contributed by atoms with Crippen LogP contribution < -0.4 is 16.0 Å². The molecule has 1 saturated heterocycles. The lowest BCUT2D eigenvalue weighted by Gasteiger charge is -2.14. The average Bonchev–Trinajstić information content (AvgIpc) is 3.23. The van der Waals surface area contributed by atoms with Gasteiger partial charge in [0.25, 0.3) is 5.91 Å². The van der Waals surface area contributed by atoms with Crippen molar-refractivity contribution in [2.75, 3.05) is 23.8 Å². The molecule has 0 spiro atoms. The number of hydrogen-bond acceptors (Lipinski definition) is 4. The van der Waals surface area contributed by atoms with E-state index in [9.17, 15) is 9.59 Å². The fourth-order valence-electron chi connectivity index (χ4n) is 3.13. The van der Waals surface area contributed by atoms with E-state index in [0.717, 1.165) is 36.3 Å². The molecular formula is C23H28N4O3. The zero-order valence-corrected chi connectivity index (χ0v) is 17.6. The molecule has 2 aromatic rings. The third-order valence-electron chi connectivity index (χ3n) is 4.83. The maximum atomic E-state index is 12.9. The van der Waals surface area contributed by atoms with Gasteiger partial charge in [-0.2, -0.15) is 0 Å². The number of anilines is 2. The molecule has 158 valence electrons. The summed E-state index contributed by atoms with van der Waals surface area (Å²) < 4.78 is 5.64. The van der Waals surface area contributed by atoms with Crippen LogP contribution in [0.1, 0.15) is 41.3 Å². The number of carbonyl (C=O) groups excluding carboxylic acids is 2. The third-order valence-corrected chi connectivity index (χ3v) is 4.83. The van der Waals surface area contributed by atoms with E-state index in [1.165, 1.54) is 6.92 Å². The first-order valence-corrected chi connectivity index (χ1v) is 10.1. The van der Waals surface area contributed by atoms with Crippen molar-refractivity contribution in [1.82, 2.24) is 5.32 Å². The Hall–Kier alpha value is -3.19. The van der Waals surface area contributed by atoms with Crippen LogP contribution in [-0.2, 0) is 9.53 Å². The second-order valence-electron chi connectivity index (χ2n) is 7.48. The molecule has 1 heterocycles. The molecule has 3 rings (SSSR count). The second kappa shape index (κ2) is 10.0. The van der Waals surface area contributed by atoms with E-state index >= 15 is 0 Å². The highest BCUT2D eigenvalue weighted by molar-refractivity contribution is 6.10. The van der Waals surface area contributed by atoms with E-state index < -0.39 is 0 Å². The van der Waals surface area contributed by atoms with Crippen molar-refractivity contribution in [3.8, 4) is 0 Å². The Kier molecular flexibility index (Phi) is 7.19. The highest BCUT2D eigenvalue weighted by atomic mass is 16.5. The van der Waals surface area contributed by atoms with Gasteiger partial charge < -0.3 is 15.4 Å². The number of nitrogens with zero attached hydrogens (tertiary/aromatic N) is 1. The maximum absolute atomic E-state index is 12.9. The molecular weight excluding hydrogens is 380 g/mol. The molecule has 30 heavy (non-hydrogen) atoms. The summed E-state index contributed by atoms with van der Waals surface area (Å²) in [6.45, 7) is 6.55. The van der Waals surface area contributed by atoms with Crippen molar-refractivity contribution >= 4 is 29.1 Å². The molecule has 7 heteroatoms. The SMILES string of the molecule is CC(=O)Nc1cc(C(=O)NC(=NC[C@@H]2CCCO2)Nc2ccc(C)cc2)ccc1C. The largest absolute Gasteiger partial charge is 0.376 e. The Morgan fingerprint density at radius 2 is 1.87 bits per heavy atom. The van der Waals surface area contributed by atoms with Crippen LogP contribution in [0.5, 0.6) is 0 Å². The van der Waals surface area contributed by atoms with Crippen molar-refractivity contribution in [1.29, 1.82) is 0 Å². The van der Waals surface area contributed by atoms with Gasteiger partial charge >= 0.3 is 0 Å². The molecule has 3 N–H and O–H groups in total. The third kappa shape index (κ3) is 6.15. The van der Waals surface area contributed by atoms with Crippen molar-refractivity contribution < 1.29 is 14.3 Å². The first-order chi connectivity index (χ1) is 14.4. The van der Waals surface area contributed by atoms with E-state index in [0.29, 0.717) is 23.8 Å². The van der Waals surface area contributed by atoms with Crippen LogP contribution in [-0.4, -0.2) is 37.0 Å². The summed E-state index contributed by atoms with van der Waals surface area (Å²) in [5.41, 5.74) is 3.90. The van der Waals surface area contributed by atoms with Crippen molar-refractivity contribution in [2.45, 2.75) is 39.7 Å². The molecule has 1 aliphatic rings. The highest BCUT2D eigenvalue weighted by Gasteiger charge is 2.16. The summed E-state index contributed by atoms with van der Waals surface area (Å²) in [6, 6.07) is 13.0. The van der Waals surface area contributed by atoms with Crippen molar-refractivity contribution in [3.05, 3.63) is 59.2 Å². The summed E-state index contributed by atoms with van der Waals surface area (Å²) >= 11 is 0. The zero-order chi connectivity index (χ0) is 21.5. The van der Waals surface area contributed by atoms with Crippen LogP contribution in [0.25, 0.3) is 0 Å². The van der Waals surface area contributed by atoms with Crippen molar-refractivity contribution in [3.63, 3.8) is 0 Å². The van der Waals surface area contributed by atoms with Gasteiger partial charge in [-0.05, 0) is 56.5 Å². The maximum Gasteiger partial charge on any atom is 0.258 e. The van der Waals surface area contributed by atoms with Crippen LogP contribution >= 0.6 is 0 Å². The molecule has 0 unspecified atom stereocenters. The van der Waals surface area contributed by atoms with E-state index in [2.05, 4.69) is 20.9 Å². The quantitative estimate of drug-likeness (QED) is 0.520. The van der Waals surface area contributed by atoms with Crippen molar-refractivity contribution in [2.24, 2.45) is 4.99 Å². The lowest BCUT2D eigenvalue weighted by atomic mass is 10.1. The van der Waals surface area contributed by atoms with Crippen LogP contribution in [0, 0.1) is 13.8 Å². The van der Waals surface area contributed by atoms with Crippen LogP contribution in [0.15, 0.2) is 47.5 Å². The van der Waals surface area contributed by atoms with Gasteiger partial charge in [-0.1, -0.05) is 23.8 Å². The fourth-order valence-corrected chi connectivity index (χ4v) is 3.13. The summed E-state index contributed by atoms with van der Waals surface area (Å²) in [5, 5.41) is 8.78. The van der Waals surface area contributed by atoms with E-state index in [1.54, 1.807) is 18.2 Å². The smallest absolute Gasteiger partial charge is 0.258 e. The predicted octanol–water partition coefficient (Wildman–Crippen LogP) is 3.64. The number of aliphatic imine (C=N–C) groups is 1. The van der Waals surface area contributed by atoms with Gasteiger partial charge in [0.2, 0.25) is 11.9 Å². The number of amides is 2. The van der Waals surface area contributed by atoms with Gasteiger partial charge in [-0.3, -0.25) is 14.9 Å². The number of guanidine groups is 1. The summed E-state index contributed by atoms with van der Waals surface area (Å²) in [6.07, 6.45) is 2.07. The van der Waals surface area contributed by atoms with Gasteiger partial charge in [-0.25, -0.2) is 4.99 Å². The van der Waals surface area contributed by atoms with Gasteiger partial charge in [0, 0.05) is 30.5 Å². The van der Waals surface area contributed by atoms with Crippen LogP contribution in [0.4, 0.5) is 11.4 Å². The number of aryl methyl sites for hydroxylation is 2. The monoisotopic (exact) mass is 408 g/mol. The first-order valence-electron chi connectivity index (χ1n) is 10.1. The summed E-state index contributed by atoms with van der Waals surface area (Å²) in [7, 11) is 0. The topological polar surface area (TPSA) is 91.8 Å². The Morgan fingerprint density at radius 1 is 1.10 bits per heavy atom. The highest BCUT2D eigenvalue weighted by Crippen LogP contribution is 2.17. The van der Waals surface area contributed by atoms with Gasteiger partial charge in [-0.15, -0.1) is 0 Å². The minimum atomic E-state index is -0.313. The number of nitrogens with one attached hydrogen (secondary N) is 3. The molecule has 1 aliphatic heterocycles. The summed E-state index contributed by atoms with van der Waals surface area (Å²) in [4.78, 5) is 28.8. The van der Waals surface area contributed by atoms with Crippen LogP contribution in [0.2, 0.25) is 0 Å². The number of hydrogen-bond donors (Lipinski definition) is 3. The normalized spacial score (nSPS) is 16.2. The number of rotatable bonds is 5. The lowest BCUT2D eigenvalue weighted by molar-refractivity contribution is -0.114. The summed E-state index contributed by atoms with van der Waals surface area (Å²) in [5.74, 6) is -0.135. The Labute approximate surface area is 176 Å². The first kappa shape index (κ1) is 21.5. The Bertz CT molecular complexity index is 932. The second-order valence-corrected chi connectivity index (χ2v) is 7.48. The standard InChI is InChI=1S/C23H28N4O3/c1-15-6-10-19(11-7-15)26-23(24-14-20-5-4-12-30-20)27-22(29)18-9-8-16(2)21(13-18)25-17(3)28/h6-11,13,20H,4-5,12,14H2,1-3H3,(H,25,28)(H2,24,26,27,29)/t20-/m0/s1. The number of carbonyl (C=O) groups is 2. The Morgan fingerprint density at radius 3 is 2.53 bits per heavy atom. The fraction of sp³-hybridized carbons (Fsp3) is 0.348. The van der Waals surface area contributed by atoms with Crippen LogP contribution in [0.3, 0.4) is 0 Å². The zero-order valence-electron chi connectivity index (χ0n) is 17.6. The minimum Gasteiger partial charge on any atom is -0.376 e. The van der Waals surface area contributed by atoms with E-state index in [4.69, 9.17) is 4.74 Å². The van der Waals surface area contributed by atoms with E-state index in [1.807, 2.05) is 38.1 Å². The molecule has 7 nitrogen and oxygen atoms in total. The molecule has 0 radical (unpaired) electrons. The number of ether oxygens (including phenoxy) is 1. The molecule has 0 bridgehead atoms.